The second-order valence-corrected chi connectivity index (χ2v) is 6.06. The molecule has 0 bridgehead atoms. The van der Waals surface area contributed by atoms with Gasteiger partial charge in [0.05, 0.1) is 6.10 Å². The Balaban J connectivity index is 3.31. The molecule has 2 unspecified atom stereocenters. The van der Waals surface area contributed by atoms with E-state index in [4.69, 9.17) is 9.47 Å². The van der Waals surface area contributed by atoms with Gasteiger partial charge in [-0.3, -0.25) is 4.79 Å². The maximum atomic E-state index is 13.8. The summed E-state index contributed by atoms with van der Waals surface area (Å²) in [6.45, 7) is 7.99. The van der Waals surface area contributed by atoms with E-state index in [1.807, 2.05) is 0 Å². The van der Waals surface area contributed by atoms with Crippen molar-refractivity contribution in [2.45, 2.75) is 45.3 Å². The van der Waals surface area contributed by atoms with E-state index >= 15 is 0 Å². The smallest absolute Gasteiger partial charge is 0.344 e. The second kappa shape index (κ2) is 9.70. The van der Waals surface area contributed by atoms with Crippen LogP contribution in [0.2, 0.25) is 0 Å². The van der Waals surface area contributed by atoms with Gasteiger partial charge in [-0.2, -0.15) is 0 Å². The van der Waals surface area contributed by atoms with Gasteiger partial charge < -0.3 is 19.9 Å². The van der Waals surface area contributed by atoms with Crippen LogP contribution in [0.5, 0.6) is 5.75 Å². The Hall–Kier alpha value is -2.90. The van der Waals surface area contributed by atoms with Gasteiger partial charge in [0.25, 0.3) is 0 Å². The lowest BCUT2D eigenvalue weighted by atomic mass is 9.90. The number of carbonyl (C=O) groups is 3. The third kappa shape index (κ3) is 5.80. The lowest BCUT2D eigenvalue weighted by molar-refractivity contribution is -0.168. The molecule has 0 aromatic heterocycles. The Morgan fingerprint density at radius 2 is 2.07 bits per heavy atom. The van der Waals surface area contributed by atoms with E-state index in [-0.39, 0.29) is 17.9 Å². The molecular formula is C19H24FNO6. The summed E-state index contributed by atoms with van der Waals surface area (Å²) in [5, 5.41) is 11.9. The molecule has 148 valence electrons. The number of rotatable bonds is 10. The number of carbonyl (C=O) groups excluding carboxylic acids is 2. The third-order valence-corrected chi connectivity index (χ3v) is 3.81. The van der Waals surface area contributed by atoms with Gasteiger partial charge in [0.1, 0.15) is 6.61 Å². The van der Waals surface area contributed by atoms with E-state index in [2.05, 4.69) is 11.9 Å². The van der Waals surface area contributed by atoms with Crippen LogP contribution in [0.15, 0.2) is 30.9 Å². The van der Waals surface area contributed by atoms with E-state index < -0.39 is 41.7 Å². The Bertz CT molecular complexity index is 720. The van der Waals surface area contributed by atoms with Crippen LogP contribution in [0, 0.1) is 5.82 Å². The van der Waals surface area contributed by atoms with E-state index in [0.717, 1.165) is 13.0 Å². The third-order valence-electron chi connectivity index (χ3n) is 3.81. The fourth-order valence-electron chi connectivity index (χ4n) is 2.27. The maximum Gasteiger partial charge on any atom is 0.344 e. The molecule has 0 aliphatic rings. The lowest BCUT2D eigenvalue weighted by Gasteiger charge is -2.29. The molecule has 2 atom stereocenters. The maximum absolute atomic E-state index is 13.8. The fraction of sp³-hybridized carbons (Fsp3) is 0.421. The highest BCUT2D eigenvalue weighted by atomic mass is 19.1. The quantitative estimate of drug-likeness (QED) is 0.366. The highest BCUT2D eigenvalue weighted by Gasteiger charge is 2.49. The minimum atomic E-state index is -2.34. The first-order valence-corrected chi connectivity index (χ1v) is 8.41. The Morgan fingerprint density at radius 1 is 1.41 bits per heavy atom. The summed E-state index contributed by atoms with van der Waals surface area (Å²) < 4.78 is 24.2. The monoisotopic (exact) mass is 381 g/mol. The number of esters is 1. The van der Waals surface area contributed by atoms with Crippen molar-refractivity contribution in [3.05, 3.63) is 42.2 Å². The van der Waals surface area contributed by atoms with E-state index in [0.29, 0.717) is 6.42 Å². The number of aliphatic carboxylic acids is 1. The summed E-state index contributed by atoms with van der Waals surface area (Å²) >= 11 is 0. The summed E-state index contributed by atoms with van der Waals surface area (Å²) in [5.41, 5.74) is -2.07. The zero-order valence-corrected chi connectivity index (χ0v) is 15.6. The number of benzene rings is 1. The Kier molecular flexibility index (Phi) is 7.96. The van der Waals surface area contributed by atoms with Crippen molar-refractivity contribution in [1.82, 2.24) is 5.32 Å². The van der Waals surface area contributed by atoms with Crippen LogP contribution in [0.3, 0.4) is 0 Å². The molecule has 8 heteroatoms. The van der Waals surface area contributed by atoms with Crippen LogP contribution >= 0.6 is 0 Å². The van der Waals surface area contributed by atoms with Gasteiger partial charge >= 0.3 is 11.9 Å². The van der Waals surface area contributed by atoms with Crippen LogP contribution in [-0.4, -0.2) is 41.2 Å². The van der Waals surface area contributed by atoms with Crippen LogP contribution in [0.4, 0.5) is 4.39 Å². The summed E-state index contributed by atoms with van der Waals surface area (Å²) in [7, 11) is 0. The highest BCUT2D eigenvalue weighted by molar-refractivity contribution is 6.07. The number of halogens is 1. The van der Waals surface area contributed by atoms with Crippen LogP contribution in [0.25, 0.3) is 0 Å². The molecule has 0 saturated heterocycles. The molecule has 0 heterocycles. The first-order valence-electron chi connectivity index (χ1n) is 8.41. The second-order valence-electron chi connectivity index (χ2n) is 6.06. The van der Waals surface area contributed by atoms with Crippen molar-refractivity contribution in [2.24, 2.45) is 0 Å². The van der Waals surface area contributed by atoms with E-state index in [1.54, 1.807) is 13.8 Å². The average Bonchev–Trinajstić information content (AvgIpc) is 2.60. The zero-order chi connectivity index (χ0) is 20.6. The highest BCUT2D eigenvalue weighted by Crippen LogP contribution is 2.24. The molecule has 27 heavy (non-hydrogen) atoms. The number of ether oxygens (including phenoxy) is 2. The molecule has 0 spiro atoms. The van der Waals surface area contributed by atoms with Crippen LogP contribution in [-0.2, 0) is 25.5 Å². The van der Waals surface area contributed by atoms with Crippen LogP contribution in [0.1, 0.15) is 32.8 Å². The molecule has 0 aliphatic carbocycles. The van der Waals surface area contributed by atoms with Crippen molar-refractivity contribution >= 4 is 17.8 Å². The number of carboxylic acid groups (broad SMARTS) is 1. The van der Waals surface area contributed by atoms with E-state index in [1.165, 1.54) is 18.2 Å². The molecule has 1 aromatic rings. The molecule has 1 rings (SSSR count). The minimum absolute atomic E-state index is 0.0478. The first kappa shape index (κ1) is 22.1. The summed E-state index contributed by atoms with van der Waals surface area (Å²) in [5.74, 6) is -4.17. The molecule has 1 amide bonds. The number of amides is 1. The molecule has 1 aromatic carbocycles. The molecule has 7 nitrogen and oxygen atoms in total. The molecular weight excluding hydrogens is 357 g/mol. The van der Waals surface area contributed by atoms with Crippen molar-refractivity contribution in [2.75, 3.05) is 6.61 Å². The SMILES string of the molecule is C=CCOc1cc(CC(NC(C)=O)(C(=O)O)C(=O)OC(C)CC)ccc1F. The van der Waals surface area contributed by atoms with Gasteiger partial charge in [-0.1, -0.05) is 25.6 Å². The normalized spacial score (nSPS) is 13.8. The topological polar surface area (TPSA) is 102 Å². The van der Waals surface area contributed by atoms with Crippen molar-refractivity contribution in [1.29, 1.82) is 0 Å². The first-order chi connectivity index (χ1) is 12.7. The Morgan fingerprint density at radius 3 is 2.59 bits per heavy atom. The van der Waals surface area contributed by atoms with Gasteiger partial charge in [0.2, 0.25) is 11.4 Å². The predicted octanol–water partition coefficient (Wildman–Crippen LogP) is 2.23. The summed E-state index contributed by atoms with van der Waals surface area (Å²) in [6, 6.07) is 3.68. The standard InChI is InChI=1S/C19H24FNO6/c1-5-9-26-16-10-14(7-8-15(16)20)11-19(17(23)24,21-13(4)22)18(25)27-12(3)6-2/h5,7-8,10,12H,1,6,9,11H2,2-4H3,(H,21,22)(H,23,24). The van der Waals surface area contributed by atoms with Gasteiger partial charge in [-0.05, 0) is 31.0 Å². The number of carboxylic acids is 1. The number of nitrogens with one attached hydrogen (secondary N) is 1. The van der Waals surface area contributed by atoms with E-state index in [9.17, 15) is 23.9 Å². The van der Waals surface area contributed by atoms with Gasteiger partial charge in [-0.25, -0.2) is 14.0 Å². The fourth-order valence-corrected chi connectivity index (χ4v) is 2.27. The lowest BCUT2D eigenvalue weighted by Crippen LogP contribution is -2.62. The van der Waals surface area contributed by atoms with Gasteiger partial charge in [-0.15, -0.1) is 0 Å². The predicted molar refractivity (Wildman–Crippen MR) is 95.8 cm³/mol. The zero-order valence-electron chi connectivity index (χ0n) is 15.6. The average molecular weight is 381 g/mol. The number of hydrogen-bond donors (Lipinski definition) is 2. The Labute approximate surface area is 157 Å². The molecule has 0 radical (unpaired) electrons. The van der Waals surface area contributed by atoms with Gasteiger partial charge in [0, 0.05) is 13.3 Å². The molecule has 0 fully saturated rings. The molecule has 0 saturated carbocycles. The van der Waals surface area contributed by atoms with Crippen molar-refractivity contribution in [3.8, 4) is 5.75 Å². The summed E-state index contributed by atoms with van der Waals surface area (Å²) in [4.78, 5) is 36.2. The van der Waals surface area contributed by atoms with Gasteiger partial charge in [0.15, 0.2) is 11.6 Å². The largest absolute Gasteiger partial charge is 0.486 e. The van der Waals surface area contributed by atoms with Crippen LogP contribution < -0.4 is 10.1 Å². The molecule has 2 N–H and O–H groups in total. The van der Waals surface area contributed by atoms with Crippen molar-refractivity contribution < 1.29 is 33.4 Å². The summed E-state index contributed by atoms with van der Waals surface area (Å²) in [6.07, 6.45) is 0.915. The van der Waals surface area contributed by atoms with Crippen molar-refractivity contribution in [3.63, 3.8) is 0 Å². The molecule has 0 aliphatic heterocycles. The number of hydrogen-bond acceptors (Lipinski definition) is 5. The minimum Gasteiger partial charge on any atom is -0.486 e.